The van der Waals surface area contributed by atoms with Crippen LogP contribution in [0.1, 0.15) is 7.43 Å². The third kappa shape index (κ3) is 14.6. The van der Waals surface area contributed by atoms with Crippen molar-refractivity contribution in [2.45, 2.75) is 7.43 Å². The Morgan fingerprint density at radius 3 is 0.643 bits per heavy atom. The molecule has 14 aromatic carbocycles. The number of benzene rings is 14. The normalized spacial score (nSPS) is 11.3. The van der Waals surface area contributed by atoms with E-state index in [1.165, 1.54) is 17.6 Å². The van der Waals surface area contributed by atoms with Crippen LogP contribution < -0.4 is 22.2 Å². The molecule has 129 heavy (non-hydrogen) atoms. The summed E-state index contributed by atoms with van der Waals surface area (Å²) in [5, 5.41) is 2.09. The van der Waals surface area contributed by atoms with E-state index in [-0.39, 0.29) is 69.9 Å². The van der Waals surface area contributed by atoms with Gasteiger partial charge in [-0.2, -0.15) is 0 Å². The third-order valence-electron chi connectivity index (χ3n) is 23.7. The van der Waals surface area contributed by atoms with Crippen LogP contribution in [0.3, 0.4) is 0 Å². The van der Waals surface area contributed by atoms with Crippen LogP contribution >= 0.6 is 0 Å². The van der Waals surface area contributed by atoms with Gasteiger partial charge in [-0.25, -0.2) is 0 Å². The molecule has 23 rings (SSSR count). The number of para-hydroxylation sites is 4. The smallest absolute Gasteiger partial charge is 0.389 e. The van der Waals surface area contributed by atoms with Gasteiger partial charge in [0.15, 0.2) is 22.2 Å². The molecule has 0 aliphatic carbocycles. The maximum absolute atomic E-state index is 13.8. The molecule has 14 nitrogen and oxygen atoms in total. The van der Waals surface area contributed by atoms with Crippen LogP contribution in [-0.2, 0) is 40.2 Å². The molecule has 0 saturated heterocycles. The first-order valence-corrected chi connectivity index (χ1v) is 41.2. The molecule has 9 heterocycles. The largest absolute Gasteiger partial charge is 3.00 e. The Kier molecular flexibility index (Phi) is 21.3. The number of aromatic nitrogens is 10. The third-order valence-corrected chi connectivity index (χ3v) is 23.7. The van der Waals surface area contributed by atoms with Crippen LogP contribution in [0.4, 0.5) is 0 Å². The van der Waals surface area contributed by atoms with Gasteiger partial charge in [0.25, 0.3) is 0 Å². The first-order chi connectivity index (χ1) is 62.1. The van der Waals surface area contributed by atoms with Gasteiger partial charge in [-0.15, -0.1) is 83.9 Å². The minimum absolute atomic E-state index is 0. The predicted molar refractivity (Wildman–Crippen MR) is 508 cm³/mol. The van der Waals surface area contributed by atoms with Gasteiger partial charge in [-0.05, 0) is 139 Å². The van der Waals surface area contributed by atoms with Gasteiger partial charge in [-0.1, -0.05) is 348 Å². The first-order valence-electron chi connectivity index (χ1n) is 41.2. The summed E-state index contributed by atoms with van der Waals surface area (Å²) in [4.78, 5) is 84.7. The van der Waals surface area contributed by atoms with E-state index in [0.29, 0.717) is 77.6 Å². The molecule has 0 atom stereocenters. The maximum Gasteiger partial charge on any atom is 3.00 e. The van der Waals surface area contributed by atoms with Crippen LogP contribution in [0, 0.1) is 36.9 Å². The number of hydrogen-bond acceptors (Lipinski definition) is 10. The molecule has 0 N–H and O–H groups in total. The zero-order valence-electron chi connectivity index (χ0n) is 67.6. The Hall–Kier alpha value is -16.1. The quantitative estimate of drug-likeness (QED) is 0.0756. The molecule has 0 unspecified atom stereocenters. The molecule has 23 aromatic rings. The number of fused-ring (bicyclic) bond motifs is 8. The van der Waals surface area contributed by atoms with Crippen molar-refractivity contribution in [3.05, 3.63) is 455 Å². The summed E-state index contributed by atoms with van der Waals surface area (Å²) in [5.41, 5.74) is 29.1. The second-order valence-corrected chi connectivity index (χ2v) is 31.1. The van der Waals surface area contributed by atoms with Gasteiger partial charge in [0, 0.05) is 44.1 Å². The topological polar surface area (TPSA) is 163 Å². The first kappa shape index (κ1) is 81.3. The SMILES string of the molecule is C.O=c1c2ccccc2nc2cc(-c3ccccc3-c3cc(-c4ccccc4-c4c[c-]c(-c5cc(-c6[c-]cc(-c7ccccc7-c7cc(-c8ccccc8-c8c[c-]n9c(=O)c%10ccccc%10nc9c8)cc(-c8ccccc8-c8c[c-]n9c(=O)c%10ccccc%10nc9c8)c7)cc6)ncn5)cc4)cc(-c4ccccc4-c4c[c-]n5c(=O)c6ccccc6nc5c4)c3)c[c-]n12.[Ir+3].[Ir+3]. The standard InChI is InChI=1S/C112H62N10O4.CH4.2Ir/c123-109-95-33-13-17-37-99(95)115-105-63-73(49-53-119(105)109)85-23-3-9-29-91(85)79-57-77(58-80(61-79)92-30-10-4-24-86(92)74-50-54-120-106(64-74)116-100-38-18-14-34-96(100)110(120)124)89-27-7-1-21-83(89)69-41-45-71(46-42-69)103-67-104(114-68-113-103)72-47-43-70(44-48-72)84-22-2-8-28-90(84)78-59-81(93-31-11-5-25-87(93)75-51-55-121-107(65-75)117-101-39-19-15-35-97(101)111(121)125)62-82(60-78)94-32-12-6-26-88(94)76-52-56-122-108(66-76)118-102-40-20-16-36-98(102)112(122)126;;;/h1-45,47,49-52,57-68H;1H4;;/q-6;;2*+3. The predicted octanol–water partition coefficient (Wildman–Crippen LogP) is 23.9. The van der Waals surface area contributed by atoms with Crippen LogP contribution in [0.15, 0.2) is 396 Å². The second kappa shape index (κ2) is 33.8. The molecule has 0 aliphatic heterocycles. The molecule has 0 fully saturated rings. The summed E-state index contributed by atoms with van der Waals surface area (Å²) in [6.07, 6.45) is 14.6. The van der Waals surface area contributed by atoms with E-state index in [0.717, 1.165) is 145 Å². The second-order valence-electron chi connectivity index (χ2n) is 31.1. The molecule has 0 amide bonds. The molecular formula is C113H66Ir2N10O4. The summed E-state index contributed by atoms with van der Waals surface area (Å²) in [5.74, 6) is 0. The molecule has 0 spiro atoms. The van der Waals surface area contributed by atoms with E-state index in [1.807, 2.05) is 188 Å². The molecule has 0 bridgehead atoms. The van der Waals surface area contributed by atoms with Gasteiger partial charge in [0.05, 0.1) is 28.4 Å². The van der Waals surface area contributed by atoms with Gasteiger partial charge in [0.1, 0.15) is 0 Å². The zero-order chi connectivity index (χ0) is 84.0. The Balaban J connectivity index is 0.00000348. The Morgan fingerprint density at radius 1 is 0.209 bits per heavy atom. The Bertz CT molecular complexity index is 7860. The molecule has 16 heteroatoms. The fourth-order valence-electron chi connectivity index (χ4n) is 17.6. The van der Waals surface area contributed by atoms with Gasteiger partial charge in [-0.3, -0.25) is 29.9 Å². The average molecular weight is 2010 g/mol. The molecule has 9 aromatic heterocycles. The zero-order valence-corrected chi connectivity index (χ0v) is 72.4. The number of hydrogen-bond donors (Lipinski definition) is 0. The van der Waals surface area contributed by atoms with E-state index in [9.17, 15) is 19.2 Å². The van der Waals surface area contributed by atoms with E-state index in [4.69, 9.17) is 29.9 Å². The fourth-order valence-corrected chi connectivity index (χ4v) is 17.6. The molecule has 0 radical (unpaired) electrons. The van der Waals surface area contributed by atoms with Crippen molar-refractivity contribution in [1.82, 2.24) is 47.5 Å². The van der Waals surface area contributed by atoms with Crippen LogP contribution in [0.25, 0.3) is 222 Å². The number of nitrogens with zero attached hydrogens (tertiary/aromatic N) is 10. The van der Waals surface area contributed by atoms with Crippen LogP contribution in [0.2, 0.25) is 0 Å². The summed E-state index contributed by atoms with van der Waals surface area (Å²) in [6.45, 7) is 0. The summed E-state index contributed by atoms with van der Waals surface area (Å²) < 4.78 is 5.92. The van der Waals surface area contributed by atoms with Crippen molar-refractivity contribution < 1.29 is 40.2 Å². The molecule has 610 valence electrons. The van der Waals surface area contributed by atoms with Gasteiger partial charge < -0.3 is 36.8 Å². The molecule has 0 saturated carbocycles. The van der Waals surface area contributed by atoms with Gasteiger partial charge in [0.2, 0.25) is 0 Å². The summed E-state index contributed by atoms with van der Waals surface area (Å²) >= 11 is 0. The van der Waals surface area contributed by atoms with Crippen molar-refractivity contribution in [2.75, 3.05) is 0 Å². The van der Waals surface area contributed by atoms with Crippen molar-refractivity contribution >= 4 is 66.2 Å². The maximum atomic E-state index is 13.8. The average Bonchev–Trinajstić information content (AvgIpc) is 0.764. The van der Waals surface area contributed by atoms with Crippen molar-refractivity contribution in [2.24, 2.45) is 0 Å². The van der Waals surface area contributed by atoms with Crippen LogP contribution in [-0.4, -0.2) is 47.5 Å². The van der Waals surface area contributed by atoms with E-state index in [2.05, 4.69) is 195 Å². The number of pyridine rings is 4. The van der Waals surface area contributed by atoms with E-state index in [1.54, 1.807) is 30.6 Å². The Labute approximate surface area is 766 Å². The molecule has 0 aliphatic rings. The van der Waals surface area contributed by atoms with Crippen molar-refractivity contribution in [3.8, 4) is 156 Å². The van der Waals surface area contributed by atoms with E-state index >= 15 is 0 Å². The molecular weight excluding hydrogens is 1950 g/mol. The fraction of sp³-hybridized carbons (Fsp3) is 0.00885. The van der Waals surface area contributed by atoms with Crippen LogP contribution in [0.5, 0.6) is 0 Å². The summed E-state index contributed by atoms with van der Waals surface area (Å²) in [7, 11) is 0. The van der Waals surface area contributed by atoms with Crippen molar-refractivity contribution in [3.63, 3.8) is 0 Å². The number of rotatable bonds is 14. The monoisotopic (exact) mass is 2010 g/mol. The Morgan fingerprint density at radius 2 is 0.419 bits per heavy atom. The van der Waals surface area contributed by atoms with Crippen molar-refractivity contribution in [1.29, 1.82) is 0 Å². The summed E-state index contributed by atoms with van der Waals surface area (Å²) in [6, 6.07) is 130. The minimum atomic E-state index is -0.186. The minimum Gasteiger partial charge on any atom is -0.389 e. The van der Waals surface area contributed by atoms with E-state index < -0.39 is 0 Å². The van der Waals surface area contributed by atoms with Gasteiger partial charge >= 0.3 is 40.2 Å².